The van der Waals surface area contributed by atoms with Crippen LogP contribution in [0.4, 0.5) is 0 Å². The van der Waals surface area contributed by atoms with Crippen LogP contribution >= 0.6 is 0 Å². The van der Waals surface area contributed by atoms with Crippen LogP contribution in [0.25, 0.3) is 0 Å². The molecule has 0 aliphatic carbocycles. The molecule has 0 amide bonds. The van der Waals surface area contributed by atoms with Crippen LogP contribution in [0, 0.1) is 13.8 Å². The van der Waals surface area contributed by atoms with Crippen molar-refractivity contribution in [2.24, 2.45) is 0 Å². The number of benzene rings is 1. The van der Waals surface area contributed by atoms with Crippen molar-refractivity contribution < 1.29 is 37.4 Å². The molecule has 63 valence electrons. The van der Waals surface area contributed by atoms with Gasteiger partial charge in [0.2, 0.25) is 0 Å². The smallest absolute Gasteiger partial charge is 0.119 e. The summed E-state index contributed by atoms with van der Waals surface area (Å²) in [6.07, 6.45) is 0.813. The first kappa shape index (κ1) is 12.1. The summed E-state index contributed by atoms with van der Waals surface area (Å²) in [5, 5.41) is 0. The Morgan fingerprint density at radius 3 is 2.33 bits per heavy atom. The van der Waals surface area contributed by atoms with Gasteiger partial charge in [-0.05, 0) is 19.1 Å². The second-order valence-electron chi connectivity index (χ2n) is 2.52. The largest absolute Gasteiger partial charge is 0.496 e. The van der Waals surface area contributed by atoms with Crippen molar-refractivity contribution >= 4 is 0 Å². The van der Waals surface area contributed by atoms with E-state index in [2.05, 4.69) is 13.8 Å². The number of hydrogen-bond donors (Lipinski definition) is 0. The minimum absolute atomic E-state index is 0. The van der Waals surface area contributed by atoms with Gasteiger partial charge in [-0.1, -0.05) is 17.7 Å². The van der Waals surface area contributed by atoms with Gasteiger partial charge in [-0.3, -0.25) is 0 Å². The van der Waals surface area contributed by atoms with Crippen molar-refractivity contribution in [1.82, 2.24) is 0 Å². The first-order valence-corrected chi connectivity index (χ1v) is 3.81. The molecule has 0 N–H and O–H groups in total. The van der Waals surface area contributed by atoms with Crippen molar-refractivity contribution in [3.63, 3.8) is 0 Å². The van der Waals surface area contributed by atoms with Gasteiger partial charge in [-0.2, -0.15) is 0 Å². The van der Waals surface area contributed by atoms with E-state index in [0.29, 0.717) is 6.61 Å². The fraction of sp³-hybridized carbons (Fsp3) is 0.300. The van der Waals surface area contributed by atoms with E-state index in [0.717, 1.165) is 12.2 Å². The van der Waals surface area contributed by atoms with Gasteiger partial charge in [0.25, 0.3) is 0 Å². The summed E-state index contributed by atoms with van der Waals surface area (Å²) < 4.78 is 5.35. The van der Waals surface area contributed by atoms with Crippen molar-refractivity contribution in [3.05, 3.63) is 36.8 Å². The number of ether oxygens (including phenoxy) is 1. The van der Waals surface area contributed by atoms with E-state index in [9.17, 15) is 0 Å². The standard InChI is InChI=1S/C10H13O.Y/c1-3-8-11-10-6-4-9(2)5-7-10;/h4-7H,1,3,8H2,2H3;/q-1;. The Bertz CT molecular complexity index is 206. The third-order valence-corrected chi connectivity index (χ3v) is 1.43. The second kappa shape index (κ2) is 6.62. The Balaban J connectivity index is 0.00000121. The van der Waals surface area contributed by atoms with E-state index in [1.165, 1.54) is 5.56 Å². The Labute approximate surface area is 99.4 Å². The number of aryl methyl sites for hydroxylation is 1. The third kappa shape index (κ3) is 4.22. The van der Waals surface area contributed by atoms with Crippen molar-refractivity contribution in [2.45, 2.75) is 13.3 Å². The minimum Gasteiger partial charge on any atom is -0.496 e. The Morgan fingerprint density at radius 1 is 1.25 bits per heavy atom. The fourth-order valence-corrected chi connectivity index (χ4v) is 0.825. The summed E-state index contributed by atoms with van der Waals surface area (Å²) in [7, 11) is 0. The molecule has 0 saturated heterocycles. The SMILES string of the molecule is [CH2-]CCOc1ccc(C)cc1.[Y]. The molecule has 12 heavy (non-hydrogen) atoms. The fourth-order valence-electron chi connectivity index (χ4n) is 0.825. The molecule has 2 heteroatoms. The summed E-state index contributed by atoms with van der Waals surface area (Å²) in [6, 6.07) is 8.03. The van der Waals surface area contributed by atoms with Crippen LogP contribution in [0.5, 0.6) is 5.75 Å². The summed E-state index contributed by atoms with van der Waals surface area (Å²) in [5.74, 6) is 0.930. The van der Waals surface area contributed by atoms with Gasteiger partial charge < -0.3 is 11.7 Å². The summed E-state index contributed by atoms with van der Waals surface area (Å²) in [4.78, 5) is 0. The molecule has 0 unspecified atom stereocenters. The van der Waals surface area contributed by atoms with Gasteiger partial charge >= 0.3 is 0 Å². The van der Waals surface area contributed by atoms with Crippen molar-refractivity contribution in [3.8, 4) is 5.75 Å². The normalized spacial score (nSPS) is 8.83. The molecule has 0 heterocycles. The number of rotatable bonds is 3. The number of hydrogen-bond acceptors (Lipinski definition) is 1. The van der Waals surface area contributed by atoms with Gasteiger partial charge in [-0.25, -0.2) is 0 Å². The van der Waals surface area contributed by atoms with E-state index >= 15 is 0 Å². The zero-order valence-electron chi connectivity index (χ0n) is 7.42. The second-order valence-corrected chi connectivity index (χ2v) is 2.52. The molecule has 0 fully saturated rings. The average molecular weight is 238 g/mol. The van der Waals surface area contributed by atoms with Gasteiger partial charge in [0.05, 0.1) is 6.61 Å². The van der Waals surface area contributed by atoms with Crippen LogP contribution in [-0.2, 0) is 32.7 Å². The zero-order valence-corrected chi connectivity index (χ0v) is 10.3. The predicted molar refractivity (Wildman–Crippen MR) is 46.6 cm³/mol. The molecule has 1 rings (SSSR count). The van der Waals surface area contributed by atoms with E-state index < -0.39 is 0 Å². The minimum atomic E-state index is 0. The van der Waals surface area contributed by atoms with Gasteiger partial charge in [0.15, 0.2) is 0 Å². The molecule has 0 atom stereocenters. The van der Waals surface area contributed by atoms with Crippen LogP contribution < -0.4 is 4.74 Å². The topological polar surface area (TPSA) is 9.23 Å². The quantitative estimate of drug-likeness (QED) is 0.735. The summed E-state index contributed by atoms with van der Waals surface area (Å²) in [5.41, 5.74) is 1.26. The van der Waals surface area contributed by atoms with E-state index in [1.54, 1.807) is 0 Å². The van der Waals surface area contributed by atoms with Crippen LogP contribution in [0.3, 0.4) is 0 Å². The molecule has 1 nitrogen and oxygen atoms in total. The van der Waals surface area contributed by atoms with Crippen LogP contribution in [0.15, 0.2) is 24.3 Å². The molecular weight excluding hydrogens is 225 g/mol. The van der Waals surface area contributed by atoms with E-state index in [1.807, 2.05) is 24.3 Å². The first-order chi connectivity index (χ1) is 5.33. The van der Waals surface area contributed by atoms with E-state index in [4.69, 9.17) is 4.74 Å². The molecule has 1 aromatic rings. The molecule has 0 aromatic heterocycles. The third-order valence-electron chi connectivity index (χ3n) is 1.43. The van der Waals surface area contributed by atoms with Crippen LogP contribution in [-0.4, -0.2) is 6.61 Å². The molecule has 0 saturated carbocycles. The Kier molecular flexibility index (Phi) is 6.69. The molecule has 0 aliphatic heterocycles. The molecule has 0 bridgehead atoms. The predicted octanol–water partition coefficient (Wildman–Crippen LogP) is 2.60. The van der Waals surface area contributed by atoms with Gasteiger partial charge in [-0.15, -0.1) is 6.42 Å². The monoisotopic (exact) mass is 238 g/mol. The maximum atomic E-state index is 5.35. The van der Waals surface area contributed by atoms with Crippen molar-refractivity contribution in [2.75, 3.05) is 6.61 Å². The van der Waals surface area contributed by atoms with E-state index in [-0.39, 0.29) is 32.7 Å². The van der Waals surface area contributed by atoms with Crippen molar-refractivity contribution in [1.29, 1.82) is 0 Å². The molecule has 1 radical (unpaired) electrons. The van der Waals surface area contributed by atoms with Crippen LogP contribution in [0.1, 0.15) is 12.0 Å². The zero-order chi connectivity index (χ0) is 8.10. The molecule has 0 spiro atoms. The van der Waals surface area contributed by atoms with Crippen LogP contribution in [0.2, 0.25) is 0 Å². The molecular formula is C10H13OY-. The molecule has 1 aromatic carbocycles. The summed E-state index contributed by atoms with van der Waals surface area (Å²) in [6.45, 7) is 6.45. The van der Waals surface area contributed by atoms with Gasteiger partial charge in [0.1, 0.15) is 5.75 Å². The van der Waals surface area contributed by atoms with Gasteiger partial charge in [0, 0.05) is 32.7 Å². The Morgan fingerprint density at radius 2 is 1.83 bits per heavy atom. The molecule has 0 aliphatic rings. The first-order valence-electron chi connectivity index (χ1n) is 3.81. The Hall–Kier alpha value is 0.124. The average Bonchev–Trinajstić information content (AvgIpc) is 2.04. The summed E-state index contributed by atoms with van der Waals surface area (Å²) >= 11 is 0. The maximum Gasteiger partial charge on any atom is 0.119 e. The maximum absolute atomic E-state index is 5.35.